The van der Waals surface area contributed by atoms with Gasteiger partial charge in [-0.3, -0.25) is 28.8 Å². The fourth-order valence-corrected chi connectivity index (χ4v) is 2.31. The van der Waals surface area contributed by atoms with E-state index in [-0.39, 0.29) is 25.7 Å². The molecule has 0 saturated carbocycles. The Morgan fingerprint density at radius 2 is 1.25 bits per heavy atom. The van der Waals surface area contributed by atoms with Gasteiger partial charge in [0.2, 0.25) is 23.6 Å². The summed E-state index contributed by atoms with van der Waals surface area (Å²) in [5.41, 5.74) is 10.5. The van der Waals surface area contributed by atoms with E-state index < -0.39 is 79.0 Å². The number of primary amides is 1. The van der Waals surface area contributed by atoms with Crippen LogP contribution in [0.5, 0.6) is 0 Å². The maximum atomic E-state index is 12.3. The molecule has 0 aromatic carbocycles. The third-order valence-corrected chi connectivity index (χ3v) is 4.02. The van der Waals surface area contributed by atoms with Crippen molar-refractivity contribution in [2.24, 2.45) is 11.5 Å². The Morgan fingerprint density at radius 1 is 0.719 bits per heavy atom. The van der Waals surface area contributed by atoms with E-state index in [9.17, 15) is 33.6 Å². The van der Waals surface area contributed by atoms with Gasteiger partial charge in [0.25, 0.3) is 0 Å². The number of nitrogens with two attached hydrogens (primary N) is 2. The molecule has 3 unspecified atom stereocenters. The molecule has 0 aliphatic heterocycles. The van der Waals surface area contributed by atoms with E-state index in [2.05, 4.69) is 16.0 Å². The summed E-state index contributed by atoms with van der Waals surface area (Å²) < 4.78 is 0. The van der Waals surface area contributed by atoms with Crippen LogP contribution in [0.3, 0.4) is 0 Å². The van der Waals surface area contributed by atoms with Crippen LogP contribution in [-0.4, -0.2) is 81.5 Å². The smallest absolute Gasteiger partial charge is 0.326 e. The fraction of sp³-hybridized carbons (Fsp3) is 0.588. The van der Waals surface area contributed by atoms with Crippen LogP contribution in [0.25, 0.3) is 0 Å². The summed E-state index contributed by atoms with van der Waals surface area (Å²) in [5.74, 6) is -7.39. The van der Waals surface area contributed by atoms with Gasteiger partial charge < -0.3 is 42.7 Å². The second-order valence-corrected chi connectivity index (χ2v) is 6.71. The van der Waals surface area contributed by atoms with Crippen LogP contribution < -0.4 is 27.4 Å². The van der Waals surface area contributed by atoms with Crippen molar-refractivity contribution in [3.8, 4) is 0 Å². The zero-order valence-corrected chi connectivity index (χ0v) is 17.0. The zero-order chi connectivity index (χ0) is 24.8. The average molecular weight is 461 g/mol. The molecule has 0 aliphatic carbocycles. The lowest BCUT2D eigenvalue weighted by Gasteiger charge is -2.20. The predicted octanol–water partition coefficient (Wildman–Crippen LogP) is -3.52. The third kappa shape index (κ3) is 12.7. The Morgan fingerprint density at radius 3 is 1.75 bits per heavy atom. The number of rotatable bonds is 16. The molecule has 0 spiro atoms. The van der Waals surface area contributed by atoms with Gasteiger partial charge in [-0.1, -0.05) is 0 Å². The van der Waals surface area contributed by atoms with Gasteiger partial charge in [-0.2, -0.15) is 0 Å². The Balaban J connectivity index is 4.91. The van der Waals surface area contributed by atoms with Gasteiger partial charge in [0.15, 0.2) is 0 Å². The van der Waals surface area contributed by atoms with Gasteiger partial charge in [-0.25, -0.2) is 4.79 Å². The van der Waals surface area contributed by atoms with E-state index in [0.717, 1.165) is 0 Å². The first kappa shape index (κ1) is 28.2. The largest absolute Gasteiger partial charge is 0.481 e. The highest BCUT2D eigenvalue weighted by molar-refractivity contribution is 5.93. The highest BCUT2D eigenvalue weighted by Gasteiger charge is 2.26. The standard InChI is InChI=1S/C17H27N5O10/c18-8(1-5-13(25)26)15(29)22-9(3-6-14(27)28)16(30)20-7-12(24)21-10(17(31)32)2-4-11(19)23/h8-10H,1-7,18H2,(H2,19,23)(H,20,30)(H,21,24)(H,22,29)(H,25,26)(H,27,28)(H,31,32). The van der Waals surface area contributed by atoms with Crippen molar-refractivity contribution in [1.29, 1.82) is 0 Å². The van der Waals surface area contributed by atoms with E-state index in [1.807, 2.05) is 0 Å². The topological polar surface area (TPSA) is 268 Å². The number of aliphatic carboxylic acids is 3. The number of carbonyl (C=O) groups excluding carboxylic acids is 4. The number of hydrogen-bond acceptors (Lipinski definition) is 8. The molecule has 0 radical (unpaired) electrons. The van der Waals surface area contributed by atoms with Crippen LogP contribution in [0.4, 0.5) is 0 Å². The van der Waals surface area contributed by atoms with Crippen LogP contribution in [0.15, 0.2) is 0 Å². The van der Waals surface area contributed by atoms with E-state index in [1.54, 1.807) is 0 Å². The summed E-state index contributed by atoms with van der Waals surface area (Å²) in [6.07, 6.45) is -2.05. The first-order valence-corrected chi connectivity index (χ1v) is 9.41. The molecule has 15 heteroatoms. The van der Waals surface area contributed by atoms with Crippen molar-refractivity contribution in [2.45, 2.75) is 56.7 Å². The minimum Gasteiger partial charge on any atom is -0.481 e. The molecule has 4 amide bonds. The molecular weight excluding hydrogens is 434 g/mol. The lowest BCUT2D eigenvalue weighted by atomic mass is 10.1. The molecule has 0 rings (SSSR count). The molecule has 10 N–H and O–H groups in total. The molecule has 0 fully saturated rings. The van der Waals surface area contributed by atoms with Crippen LogP contribution in [0.2, 0.25) is 0 Å². The maximum Gasteiger partial charge on any atom is 0.326 e. The van der Waals surface area contributed by atoms with E-state index >= 15 is 0 Å². The highest BCUT2D eigenvalue weighted by atomic mass is 16.4. The second kappa shape index (κ2) is 14.3. The number of amides is 4. The number of carboxylic acid groups (broad SMARTS) is 3. The van der Waals surface area contributed by atoms with Crippen molar-refractivity contribution >= 4 is 41.5 Å². The molecule has 0 bridgehead atoms. The zero-order valence-electron chi connectivity index (χ0n) is 17.0. The van der Waals surface area contributed by atoms with Gasteiger partial charge in [0.1, 0.15) is 12.1 Å². The van der Waals surface area contributed by atoms with Gasteiger partial charge in [-0.15, -0.1) is 0 Å². The van der Waals surface area contributed by atoms with Crippen molar-refractivity contribution in [2.75, 3.05) is 6.54 Å². The highest BCUT2D eigenvalue weighted by Crippen LogP contribution is 2.02. The molecule has 0 aromatic rings. The Bertz CT molecular complexity index is 741. The monoisotopic (exact) mass is 461 g/mol. The van der Waals surface area contributed by atoms with E-state index in [1.165, 1.54) is 0 Å². The van der Waals surface area contributed by atoms with Crippen molar-refractivity contribution in [3.63, 3.8) is 0 Å². The van der Waals surface area contributed by atoms with Crippen LogP contribution in [-0.2, 0) is 33.6 Å². The Kier molecular flexibility index (Phi) is 12.6. The van der Waals surface area contributed by atoms with Crippen LogP contribution >= 0.6 is 0 Å². The normalized spacial score (nSPS) is 13.2. The minimum absolute atomic E-state index is 0.223. The van der Waals surface area contributed by atoms with Crippen LogP contribution in [0.1, 0.15) is 38.5 Å². The molecule has 180 valence electrons. The molecule has 0 saturated heterocycles. The number of carboxylic acids is 3. The maximum absolute atomic E-state index is 12.3. The average Bonchev–Trinajstić information content (AvgIpc) is 2.69. The van der Waals surface area contributed by atoms with Crippen molar-refractivity contribution in [3.05, 3.63) is 0 Å². The summed E-state index contributed by atoms with van der Waals surface area (Å²) in [6.45, 7) is -0.705. The van der Waals surface area contributed by atoms with Gasteiger partial charge in [-0.05, 0) is 19.3 Å². The molecule has 3 atom stereocenters. The lowest BCUT2D eigenvalue weighted by molar-refractivity contribution is -0.142. The van der Waals surface area contributed by atoms with Gasteiger partial charge in [0, 0.05) is 19.3 Å². The predicted molar refractivity (Wildman–Crippen MR) is 105 cm³/mol. The van der Waals surface area contributed by atoms with E-state index in [0.29, 0.717) is 0 Å². The fourth-order valence-electron chi connectivity index (χ4n) is 2.31. The molecule has 32 heavy (non-hydrogen) atoms. The molecule has 15 nitrogen and oxygen atoms in total. The molecule has 0 heterocycles. The summed E-state index contributed by atoms with van der Waals surface area (Å²) in [5, 5.41) is 32.9. The van der Waals surface area contributed by atoms with Crippen LogP contribution in [0, 0.1) is 0 Å². The Labute approximate surface area is 181 Å². The molecule has 0 aliphatic rings. The molecule has 0 aromatic heterocycles. The van der Waals surface area contributed by atoms with Gasteiger partial charge in [0.05, 0.1) is 12.6 Å². The summed E-state index contributed by atoms with van der Waals surface area (Å²) >= 11 is 0. The second-order valence-electron chi connectivity index (χ2n) is 6.71. The minimum atomic E-state index is -1.43. The van der Waals surface area contributed by atoms with Crippen molar-refractivity contribution in [1.82, 2.24) is 16.0 Å². The number of nitrogens with one attached hydrogen (secondary N) is 3. The van der Waals surface area contributed by atoms with Crippen molar-refractivity contribution < 1.29 is 48.9 Å². The SMILES string of the molecule is NC(=O)CCC(NC(=O)CNC(=O)C(CCC(=O)O)NC(=O)C(N)CCC(=O)O)C(=O)O. The Hall–Kier alpha value is -3.75. The summed E-state index contributed by atoms with van der Waals surface area (Å²) in [6, 6.07) is -4.09. The summed E-state index contributed by atoms with van der Waals surface area (Å²) in [7, 11) is 0. The van der Waals surface area contributed by atoms with Gasteiger partial charge >= 0.3 is 17.9 Å². The first-order valence-electron chi connectivity index (χ1n) is 9.41. The quantitative estimate of drug-likeness (QED) is 0.112. The lowest BCUT2D eigenvalue weighted by Crippen LogP contribution is -2.53. The van der Waals surface area contributed by atoms with E-state index in [4.69, 9.17) is 26.8 Å². The number of hydrogen-bond donors (Lipinski definition) is 8. The molecular formula is C17H27N5O10. The first-order chi connectivity index (χ1) is 14.8. The third-order valence-electron chi connectivity index (χ3n) is 4.02. The number of carbonyl (C=O) groups is 7. The summed E-state index contributed by atoms with van der Waals surface area (Å²) in [4.78, 5) is 79.5.